The van der Waals surface area contributed by atoms with E-state index < -0.39 is 5.54 Å². The zero-order chi connectivity index (χ0) is 9.90. The Morgan fingerprint density at radius 2 is 2.31 bits per heavy atom. The second-order valence-corrected chi connectivity index (χ2v) is 3.21. The molecule has 0 saturated carbocycles. The van der Waals surface area contributed by atoms with Gasteiger partial charge in [-0.2, -0.15) is 4.99 Å². The quantitative estimate of drug-likeness (QED) is 0.478. The molecule has 0 fully saturated rings. The van der Waals surface area contributed by atoms with E-state index >= 15 is 0 Å². The van der Waals surface area contributed by atoms with Gasteiger partial charge in [0.15, 0.2) is 5.54 Å². The van der Waals surface area contributed by atoms with Crippen molar-refractivity contribution in [2.45, 2.75) is 26.3 Å². The summed E-state index contributed by atoms with van der Waals surface area (Å²) in [6.07, 6.45) is 3.72. The van der Waals surface area contributed by atoms with Crippen LogP contribution in [0.5, 0.6) is 0 Å². The Labute approximate surface area is 77.2 Å². The van der Waals surface area contributed by atoms with Gasteiger partial charge < -0.3 is 9.47 Å². The van der Waals surface area contributed by atoms with Crippen LogP contribution >= 0.6 is 0 Å². The van der Waals surface area contributed by atoms with Crippen LogP contribution in [0.15, 0.2) is 17.1 Å². The Bertz CT molecular complexity index is 266. The number of ether oxygens (including phenoxy) is 2. The highest BCUT2D eigenvalue weighted by Gasteiger charge is 2.37. The largest absolute Gasteiger partial charge is 0.446 e. The molecule has 4 nitrogen and oxygen atoms in total. The molecule has 0 aromatic carbocycles. The normalized spacial score (nSPS) is 20.2. The predicted octanol–water partition coefficient (Wildman–Crippen LogP) is 1.27. The summed E-state index contributed by atoms with van der Waals surface area (Å²) >= 11 is 0. The molecule has 0 bridgehead atoms. The zero-order valence-electron chi connectivity index (χ0n) is 8.03. The second kappa shape index (κ2) is 3.60. The molecule has 0 aromatic rings. The smallest absolute Gasteiger partial charge is 0.392 e. The van der Waals surface area contributed by atoms with Crippen molar-refractivity contribution < 1.29 is 14.3 Å². The first-order valence-electron chi connectivity index (χ1n) is 4.12. The molecule has 72 valence electrons. The lowest BCUT2D eigenvalue weighted by Crippen LogP contribution is -2.25. The van der Waals surface area contributed by atoms with Crippen molar-refractivity contribution >= 4 is 12.1 Å². The summed E-state index contributed by atoms with van der Waals surface area (Å²) in [6, 6.07) is 0. The van der Waals surface area contributed by atoms with Crippen molar-refractivity contribution in [3.63, 3.8) is 0 Å². The highest BCUT2D eigenvalue weighted by molar-refractivity contribution is 5.96. The molecule has 1 aliphatic rings. The van der Waals surface area contributed by atoms with Gasteiger partial charge >= 0.3 is 12.1 Å². The lowest BCUT2D eigenvalue weighted by molar-refractivity contribution is -0.139. The minimum absolute atomic E-state index is 0.0631. The van der Waals surface area contributed by atoms with Gasteiger partial charge in [-0.15, -0.1) is 0 Å². The first-order valence-corrected chi connectivity index (χ1v) is 4.12. The molecule has 0 aromatic heterocycles. The Kier molecular flexibility index (Phi) is 2.70. The maximum atomic E-state index is 11.1. The third-order valence-corrected chi connectivity index (χ3v) is 1.59. The highest BCUT2D eigenvalue weighted by Crippen LogP contribution is 2.18. The molecule has 0 unspecified atom stereocenters. The highest BCUT2D eigenvalue weighted by atomic mass is 16.7. The number of aliphatic imine (C=N–C) groups is 1. The minimum atomic E-state index is -0.800. The average Bonchev–Trinajstić information content (AvgIpc) is 2.27. The van der Waals surface area contributed by atoms with Crippen LogP contribution in [-0.2, 0) is 14.3 Å². The summed E-state index contributed by atoms with van der Waals surface area (Å²) in [5, 5.41) is 0. The zero-order valence-corrected chi connectivity index (χ0v) is 8.03. The van der Waals surface area contributed by atoms with Crippen molar-refractivity contribution in [2.75, 3.05) is 6.61 Å². The molecule has 0 atom stereocenters. The molecular formula is C9H13NO3. The van der Waals surface area contributed by atoms with E-state index in [2.05, 4.69) is 4.99 Å². The van der Waals surface area contributed by atoms with E-state index in [-0.39, 0.29) is 12.1 Å². The Hall–Kier alpha value is -1.32. The lowest BCUT2D eigenvalue weighted by atomic mass is 10.1. The van der Waals surface area contributed by atoms with Gasteiger partial charge in [0.2, 0.25) is 0 Å². The summed E-state index contributed by atoms with van der Waals surface area (Å²) < 4.78 is 9.85. The monoisotopic (exact) mass is 183 g/mol. The van der Waals surface area contributed by atoms with Crippen LogP contribution in [0.1, 0.15) is 20.8 Å². The molecule has 0 aliphatic carbocycles. The molecule has 1 rings (SSSR count). The fourth-order valence-corrected chi connectivity index (χ4v) is 0.778. The number of carbonyl (C=O) groups excluding carboxylic acids is 1. The molecule has 4 heteroatoms. The number of nitrogens with zero attached hydrogens (tertiary/aromatic N) is 1. The average molecular weight is 183 g/mol. The van der Waals surface area contributed by atoms with Gasteiger partial charge in [0.05, 0.1) is 0 Å². The summed E-state index contributed by atoms with van der Waals surface area (Å²) in [4.78, 5) is 15.1. The first kappa shape index (κ1) is 9.77. The van der Waals surface area contributed by atoms with Crippen molar-refractivity contribution in [3.8, 4) is 0 Å². The summed E-state index contributed by atoms with van der Waals surface area (Å²) in [7, 11) is 0. The van der Waals surface area contributed by atoms with E-state index in [1.807, 2.05) is 19.1 Å². The molecule has 1 heterocycles. The van der Waals surface area contributed by atoms with Crippen LogP contribution in [0.3, 0.4) is 0 Å². The standard InChI is InChI=1S/C9H13NO3/c1-4-5-6-12-8-10-9(2,3)7(11)13-8/h4-5H,6H2,1-3H3. The maximum absolute atomic E-state index is 11.1. The molecule has 0 spiro atoms. The first-order chi connectivity index (χ1) is 6.06. The van der Waals surface area contributed by atoms with Gasteiger partial charge in [0.25, 0.3) is 0 Å². The number of rotatable bonds is 2. The van der Waals surface area contributed by atoms with E-state index in [0.29, 0.717) is 6.61 Å². The van der Waals surface area contributed by atoms with E-state index in [0.717, 1.165) is 0 Å². The van der Waals surface area contributed by atoms with Crippen molar-refractivity contribution in [1.82, 2.24) is 0 Å². The Morgan fingerprint density at radius 1 is 1.62 bits per heavy atom. The van der Waals surface area contributed by atoms with Crippen LogP contribution in [0.4, 0.5) is 0 Å². The molecule has 0 amide bonds. The second-order valence-electron chi connectivity index (χ2n) is 3.21. The fourth-order valence-electron chi connectivity index (χ4n) is 0.778. The third-order valence-electron chi connectivity index (χ3n) is 1.59. The predicted molar refractivity (Wildman–Crippen MR) is 48.4 cm³/mol. The van der Waals surface area contributed by atoms with Crippen molar-refractivity contribution in [1.29, 1.82) is 0 Å². The molecule has 0 saturated heterocycles. The van der Waals surface area contributed by atoms with E-state index in [4.69, 9.17) is 9.47 Å². The number of hydrogen-bond acceptors (Lipinski definition) is 4. The number of cyclic esters (lactones) is 1. The lowest BCUT2D eigenvalue weighted by Gasteiger charge is -2.04. The van der Waals surface area contributed by atoms with Gasteiger partial charge in [-0.05, 0) is 20.8 Å². The van der Waals surface area contributed by atoms with Gasteiger partial charge in [-0.1, -0.05) is 12.2 Å². The van der Waals surface area contributed by atoms with Gasteiger partial charge in [-0.25, -0.2) is 4.79 Å². The van der Waals surface area contributed by atoms with E-state index in [9.17, 15) is 4.79 Å². The van der Waals surface area contributed by atoms with Crippen molar-refractivity contribution in [2.24, 2.45) is 4.99 Å². The molecule has 1 aliphatic heterocycles. The number of carbonyl (C=O) groups is 1. The maximum Gasteiger partial charge on any atom is 0.392 e. The van der Waals surface area contributed by atoms with E-state index in [1.54, 1.807) is 13.8 Å². The van der Waals surface area contributed by atoms with Crippen molar-refractivity contribution in [3.05, 3.63) is 12.2 Å². The van der Waals surface area contributed by atoms with Gasteiger partial charge in [-0.3, -0.25) is 0 Å². The van der Waals surface area contributed by atoms with E-state index in [1.165, 1.54) is 0 Å². The van der Waals surface area contributed by atoms with Crippen LogP contribution in [0.2, 0.25) is 0 Å². The molecule has 0 N–H and O–H groups in total. The topological polar surface area (TPSA) is 47.9 Å². The number of esters is 1. The number of allylic oxidation sites excluding steroid dienone is 1. The van der Waals surface area contributed by atoms with Gasteiger partial charge in [0, 0.05) is 0 Å². The summed E-state index contributed by atoms with van der Waals surface area (Å²) in [5.74, 6) is -0.372. The summed E-state index contributed by atoms with van der Waals surface area (Å²) in [5.41, 5.74) is -0.800. The molecule has 0 radical (unpaired) electrons. The van der Waals surface area contributed by atoms with Gasteiger partial charge in [0.1, 0.15) is 6.61 Å². The summed E-state index contributed by atoms with van der Waals surface area (Å²) in [6.45, 7) is 5.62. The third kappa shape index (κ3) is 2.31. The Balaban J connectivity index is 2.50. The fraction of sp³-hybridized carbons (Fsp3) is 0.556. The SMILES string of the molecule is CC=CCOC1=NC(C)(C)C(=O)O1. The molecular weight excluding hydrogens is 170 g/mol. The Morgan fingerprint density at radius 3 is 2.77 bits per heavy atom. The molecule has 13 heavy (non-hydrogen) atoms. The minimum Gasteiger partial charge on any atom is -0.446 e. The van der Waals surface area contributed by atoms with Crippen LogP contribution in [0, 0.1) is 0 Å². The van der Waals surface area contributed by atoms with Crippen LogP contribution < -0.4 is 0 Å². The number of hydrogen-bond donors (Lipinski definition) is 0. The van der Waals surface area contributed by atoms with Crippen LogP contribution in [0.25, 0.3) is 0 Å². The van der Waals surface area contributed by atoms with Crippen LogP contribution in [-0.4, -0.2) is 24.2 Å².